The Kier molecular flexibility index (Phi) is 4.39. The lowest BCUT2D eigenvalue weighted by Crippen LogP contribution is -1.93. The van der Waals surface area contributed by atoms with Gasteiger partial charge >= 0.3 is 0 Å². The summed E-state index contributed by atoms with van der Waals surface area (Å²) in [6.45, 7) is 0.229. The third-order valence-corrected chi connectivity index (χ3v) is 2.00. The van der Waals surface area contributed by atoms with E-state index in [1.807, 2.05) is 0 Å². The van der Waals surface area contributed by atoms with E-state index in [9.17, 15) is 0 Å². The first kappa shape index (κ1) is 11.5. The van der Waals surface area contributed by atoms with E-state index in [0.717, 1.165) is 0 Å². The average molecular weight is 254 g/mol. The van der Waals surface area contributed by atoms with E-state index in [0.29, 0.717) is 10.8 Å². The fourth-order valence-corrected chi connectivity index (χ4v) is 1.16. The van der Waals surface area contributed by atoms with Crippen LogP contribution in [-0.2, 0) is 0 Å². The second-order valence-electron chi connectivity index (χ2n) is 2.42. The smallest absolute Gasteiger partial charge is 0.138 e. The number of phenols is 1. The number of benzene rings is 1. The Morgan fingerprint density at radius 2 is 2.14 bits per heavy atom. The van der Waals surface area contributed by atoms with Gasteiger partial charge in [-0.15, -0.1) is 0 Å². The molecule has 0 fully saturated rings. The van der Waals surface area contributed by atoms with Crippen molar-refractivity contribution in [2.45, 2.75) is 0 Å². The van der Waals surface area contributed by atoms with E-state index in [-0.39, 0.29) is 16.8 Å². The molecule has 0 aliphatic heterocycles. The number of halogens is 3. The highest BCUT2D eigenvalue weighted by atomic mass is 35.5. The van der Waals surface area contributed by atoms with Gasteiger partial charge in [-0.1, -0.05) is 34.8 Å². The van der Waals surface area contributed by atoms with Gasteiger partial charge in [0.25, 0.3) is 0 Å². The minimum absolute atomic E-state index is 0.0910. The van der Waals surface area contributed by atoms with Crippen molar-refractivity contribution in [3.63, 3.8) is 0 Å². The molecule has 0 atom stereocenters. The first-order chi connectivity index (χ1) is 6.59. The maximum atomic E-state index is 9.06. The van der Waals surface area contributed by atoms with Crippen LogP contribution in [0.3, 0.4) is 0 Å². The summed E-state index contributed by atoms with van der Waals surface area (Å²) in [7, 11) is 0. The zero-order valence-electron chi connectivity index (χ0n) is 7.01. The van der Waals surface area contributed by atoms with Gasteiger partial charge in [0.2, 0.25) is 0 Å². The van der Waals surface area contributed by atoms with Gasteiger partial charge in [-0.3, -0.25) is 0 Å². The highest BCUT2D eigenvalue weighted by Gasteiger charge is 2.01. The van der Waals surface area contributed by atoms with Gasteiger partial charge in [-0.2, -0.15) is 0 Å². The van der Waals surface area contributed by atoms with Gasteiger partial charge in [0.1, 0.15) is 22.6 Å². The molecule has 0 heterocycles. The van der Waals surface area contributed by atoms with Crippen molar-refractivity contribution < 1.29 is 9.84 Å². The monoisotopic (exact) mass is 252 g/mol. The highest BCUT2D eigenvalue weighted by Crippen LogP contribution is 2.28. The topological polar surface area (TPSA) is 29.5 Å². The third kappa shape index (κ3) is 3.66. The molecular formula is C9H7Cl3O2. The van der Waals surface area contributed by atoms with Gasteiger partial charge in [0.05, 0.1) is 5.02 Å². The Balaban J connectivity index is 2.64. The molecule has 2 nitrogen and oxygen atoms in total. The molecule has 5 heteroatoms. The number of hydrogen-bond acceptors (Lipinski definition) is 2. The predicted octanol–water partition coefficient (Wildman–Crippen LogP) is 3.74. The summed E-state index contributed by atoms with van der Waals surface area (Å²) in [6, 6.07) is 4.43. The van der Waals surface area contributed by atoms with Gasteiger partial charge in [-0.25, -0.2) is 0 Å². The number of ether oxygens (including phenoxy) is 1. The van der Waals surface area contributed by atoms with Crippen LogP contribution in [0.4, 0.5) is 0 Å². The normalized spacial score (nSPS) is 9.64. The molecule has 0 aliphatic carbocycles. The largest absolute Gasteiger partial charge is 0.508 e. The zero-order valence-corrected chi connectivity index (χ0v) is 9.27. The molecule has 1 aromatic rings. The fourth-order valence-electron chi connectivity index (χ4n) is 0.801. The second kappa shape index (κ2) is 5.35. The van der Waals surface area contributed by atoms with Crippen LogP contribution in [0.25, 0.3) is 0 Å². The molecule has 0 saturated heterocycles. The standard InChI is InChI=1S/C9H7Cl3O2/c10-7-5-6(13)1-2-8(7)14-4-3-9(11)12/h1-3,5,13H,4H2. The maximum Gasteiger partial charge on any atom is 0.138 e. The quantitative estimate of drug-likeness (QED) is 0.889. The Hall–Kier alpha value is -0.570. The number of phenolic OH excluding ortho intramolecular Hbond substituents is 1. The summed E-state index contributed by atoms with van der Waals surface area (Å²) in [5, 5.41) is 9.39. The van der Waals surface area contributed by atoms with Gasteiger partial charge < -0.3 is 9.84 Å². The molecule has 14 heavy (non-hydrogen) atoms. The molecule has 0 saturated carbocycles. The Bertz CT molecular complexity index is 346. The van der Waals surface area contributed by atoms with Crippen LogP contribution in [-0.4, -0.2) is 11.7 Å². The summed E-state index contributed by atoms with van der Waals surface area (Å²) in [6.07, 6.45) is 1.49. The number of aromatic hydroxyl groups is 1. The lowest BCUT2D eigenvalue weighted by molar-refractivity contribution is 0.362. The molecule has 1 aromatic carbocycles. The minimum atomic E-state index is 0.0910. The summed E-state index contributed by atoms with van der Waals surface area (Å²) < 4.78 is 5.35. The van der Waals surface area contributed by atoms with Crippen LogP contribution >= 0.6 is 34.8 Å². The first-order valence-electron chi connectivity index (χ1n) is 3.72. The number of hydrogen-bond donors (Lipinski definition) is 1. The van der Waals surface area contributed by atoms with E-state index < -0.39 is 0 Å². The van der Waals surface area contributed by atoms with Crippen LogP contribution in [0.15, 0.2) is 28.8 Å². The van der Waals surface area contributed by atoms with Crippen LogP contribution in [0.2, 0.25) is 5.02 Å². The molecular weight excluding hydrogens is 246 g/mol. The molecule has 0 aliphatic rings. The zero-order chi connectivity index (χ0) is 10.6. The SMILES string of the molecule is Oc1ccc(OCC=C(Cl)Cl)c(Cl)c1. The van der Waals surface area contributed by atoms with Crippen molar-refractivity contribution in [2.75, 3.05) is 6.61 Å². The summed E-state index contributed by atoms with van der Waals surface area (Å²) in [5.41, 5.74) is 0. The Labute approximate surface area is 96.7 Å². The third-order valence-electron chi connectivity index (χ3n) is 1.39. The van der Waals surface area contributed by atoms with Crippen molar-refractivity contribution in [1.82, 2.24) is 0 Å². The van der Waals surface area contributed by atoms with Crippen LogP contribution < -0.4 is 4.74 Å². The van der Waals surface area contributed by atoms with Crippen molar-refractivity contribution in [1.29, 1.82) is 0 Å². The second-order valence-corrected chi connectivity index (χ2v) is 3.83. The molecule has 0 amide bonds. The van der Waals surface area contributed by atoms with Crippen molar-refractivity contribution in [2.24, 2.45) is 0 Å². The van der Waals surface area contributed by atoms with Crippen molar-refractivity contribution in [3.8, 4) is 11.5 Å². The van der Waals surface area contributed by atoms with Crippen molar-refractivity contribution >= 4 is 34.8 Å². The lowest BCUT2D eigenvalue weighted by atomic mass is 10.3. The van der Waals surface area contributed by atoms with E-state index in [2.05, 4.69) is 0 Å². The maximum absolute atomic E-state index is 9.06. The predicted molar refractivity (Wildman–Crippen MR) is 58.4 cm³/mol. The first-order valence-corrected chi connectivity index (χ1v) is 4.85. The fraction of sp³-hybridized carbons (Fsp3) is 0.111. The molecule has 0 bridgehead atoms. The minimum Gasteiger partial charge on any atom is -0.508 e. The van der Waals surface area contributed by atoms with Gasteiger partial charge in [0.15, 0.2) is 0 Å². The van der Waals surface area contributed by atoms with Gasteiger partial charge in [0, 0.05) is 6.07 Å². The molecule has 76 valence electrons. The molecule has 1 rings (SSSR count). The van der Waals surface area contributed by atoms with Crippen LogP contribution in [0, 0.1) is 0 Å². The molecule has 1 N–H and O–H groups in total. The molecule has 0 spiro atoms. The van der Waals surface area contributed by atoms with E-state index in [1.165, 1.54) is 18.2 Å². The summed E-state index contributed by atoms with van der Waals surface area (Å²) in [5.74, 6) is 0.559. The van der Waals surface area contributed by atoms with Crippen LogP contribution in [0.1, 0.15) is 0 Å². The van der Waals surface area contributed by atoms with E-state index in [4.69, 9.17) is 44.6 Å². The Morgan fingerprint density at radius 3 is 2.71 bits per heavy atom. The Morgan fingerprint density at radius 1 is 1.43 bits per heavy atom. The molecule has 0 aromatic heterocycles. The highest BCUT2D eigenvalue weighted by molar-refractivity contribution is 6.55. The molecule has 0 radical (unpaired) electrons. The van der Waals surface area contributed by atoms with E-state index >= 15 is 0 Å². The molecule has 0 unspecified atom stereocenters. The average Bonchev–Trinajstić information content (AvgIpc) is 2.08. The van der Waals surface area contributed by atoms with E-state index in [1.54, 1.807) is 6.07 Å². The lowest BCUT2D eigenvalue weighted by Gasteiger charge is -2.05. The van der Waals surface area contributed by atoms with Crippen LogP contribution in [0.5, 0.6) is 11.5 Å². The summed E-state index contributed by atoms with van der Waals surface area (Å²) in [4.78, 5) is 0. The summed E-state index contributed by atoms with van der Waals surface area (Å²) >= 11 is 16.5. The van der Waals surface area contributed by atoms with Crippen molar-refractivity contribution in [3.05, 3.63) is 33.8 Å². The van der Waals surface area contributed by atoms with Gasteiger partial charge in [-0.05, 0) is 18.2 Å². The number of rotatable bonds is 3.